The first kappa shape index (κ1) is 14.8. The van der Waals surface area contributed by atoms with Crippen molar-refractivity contribution in [2.45, 2.75) is 70.4 Å². The molecule has 0 bridgehead atoms. The van der Waals surface area contributed by atoms with Crippen LogP contribution in [0.5, 0.6) is 0 Å². The predicted octanol–water partition coefficient (Wildman–Crippen LogP) is 3.13. The Balaban J connectivity index is 1.32. The number of hydrogen-bond acceptors (Lipinski definition) is 3. The van der Waals surface area contributed by atoms with Crippen LogP contribution in [0.15, 0.2) is 0 Å². The molecule has 3 nitrogen and oxygen atoms in total. The summed E-state index contributed by atoms with van der Waals surface area (Å²) in [6.07, 6.45) is 11.2. The van der Waals surface area contributed by atoms with Gasteiger partial charge < -0.3 is 14.8 Å². The summed E-state index contributed by atoms with van der Waals surface area (Å²) in [7, 11) is 0. The van der Waals surface area contributed by atoms with Crippen LogP contribution >= 0.6 is 0 Å². The Morgan fingerprint density at radius 3 is 2.70 bits per heavy atom. The Morgan fingerprint density at radius 2 is 2.00 bits per heavy atom. The van der Waals surface area contributed by atoms with Gasteiger partial charge in [-0.1, -0.05) is 12.8 Å². The summed E-state index contributed by atoms with van der Waals surface area (Å²) >= 11 is 0. The van der Waals surface area contributed by atoms with Crippen LogP contribution in [0.25, 0.3) is 0 Å². The fourth-order valence-corrected chi connectivity index (χ4v) is 4.16. The highest BCUT2D eigenvalue weighted by molar-refractivity contribution is 5.09. The Kier molecular flexibility index (Phi) is 5.00. The monoisotopic (exact) mass is 281 g/mol. The molecule has 3 rings (SSSR count). The molecule has 0 radical (unpaired) electrons. The van der Waals surface area contributed by atoms with Gasteiger partial charge in [0, 0.05) is 31.3 Å². The van der Waals surface area contributed by atoms with Crippen LogP contribution in [-0.4, -0.2) is 38.5 Å². The first-order valence-electron chi connectivity index (χ1n) is 8.78. The third-order valence-electron chi connectivity index (χ3n) is 5.59. The van der Waals surface area contributed by atoms with Crippen molar-refractivity contribution >= 4 is 0 Å². The van der Waals surface area contributed by atoms with E-state index in [1.54, 1.807) is 0 Å². The molecule has 0 heterocycles. The molecular weight excluding hydrogens is 250 g/mol. The zero-order valence-electron chi connectivity index (χ0n) is 13.0. The van der Waals surface area contributed by atoms with Gasteiger partial charge in [0.2, 0.25) is 0 Å². The van der Waals surface area contributed by atoms with Gasteiger partial charge in [0.05, 0.1) is 6.10 Å². The standard InChI is InChI=1S/C17H31NO2/c1-2-20-16-12-15(17(16)8-3-4-9-17)18-10-5-11-19-13-14-6-7-14/h14-16,18H,2-13H2,1H3. The van der Waals surface area contributed by atoms with Gasteiger partial charge in [0.1, 0.15) is 0 Å². The summed E-state index contributed by atoms with van der Waals surface area (Å²) in [5, 5.41) is 3.78. The summed E-state index contributed by atoms with van der Waals surface area (Å²) in [6.45, 7) is 6.03. The Hall–Kier alpha value is -0.120. The maximum atomic E-state index is 5.96. The predicted molar refractivity (Wildman–Crippen MR) is 80.9 cm³/mol. The third-order valence-corrected chi connectivity index (χ3v) is 5.59. The molecule has 116 valence electrons. The molecule has 3 fully saturated rings. The van der Waals surface area contributed by atoms with Crippen LogP contribution in [0.1, 0.15) is 58.3 Å². The van der Waals surface area contributed by atoms with Crippen molar-refractivity contribution in [3.05, 3.63) is 0 Å². The van der Waals surface area contributed by atoms with Gasteiger partial charge in [-0.25, -0.2) is 0 Å². The second kappa shape index (κ2) is 6.76. The fourth-order valence-electron chi connectivity index (χ4n) is 4.16. The maximum Gasteiger partial charge on any atom is 0.0661 e. The van der Waals surface area contributed by atoms with Crippen LogP contribution in [0.4, 0.5) is 0 Å². The molecule has 0 aliphatic heterocycles. The van der Waals surface area contributed by atoms with Gasteiger partial charge in [-0.3, -0.25) is 0 Å². The minimum absolute atomic E-state index is 0.477. The van der Waals surface area contributed by atoms with Crippen molar-refractivity contribution in [3.8, 4) is 0 Å². The van der Waals surface area contributed by atoms with Crippen LogP contribution in [-0.2, 0) is 9.47 Å². The molecule has 2 atom stereocenters. The summed E-state index contributed by atoms with van der Waals surface area (Å²) in [5.74, 6) is 0.892. The highest BCUT2D eigenvalue weighted by Gasteiger charge is 2.56. The molecule has 1 spiro atoms. The lowest BCUT2D eigenvalue weighted by Crippen LogP contribution is -2.62. The SMILES string of the molecule is CCOC1CC(NCCCOCC2CC2)C12CCCC2. The normalized spacial score (nSPS) is 31.6. The first-order chi connectivity index (χ1) is 9.85. The molecule has 20 heavy (non-hydrogen) atoms. The van der Waals surface area contributed by atoms with Crippen molar-refractivity contribution in [1.82, 2.24) is 5.32 Å². The first-order valence-corrected chi connectivity index (χ1v) is 8.78. The Labute approximate surface area is 123 Å². The summed E-state index contributed by atoms with van der Waals surface area (Å²) in [4.78, 5) is 0. The zero-order valence-corrected chi connectivity index (χ0v) is 13.0. The topological polar surface area (TPSA) is 30.5 Å². The molecule has 3 aliphatic rings. The third kappa shape index (κ3) is 3.20. The summed E-state index contributed by atoms with van der Waals surface area (Å²) in [5.41, 5.74) is 0.477. The van der Waals surface area contributed by atoms with Crippen LogP contribution in [0.3, 0.4) is 0 Å². The zero-order chi connectivity index (χ0) is 13.8. The van der Waals surface area contributed by atoms with E-state index in [-0.39, 0.29) is 0 Å². The molecule has 0 aromatic heterocycles. The van der Waals surface area contributed by atoms with E-state index in [0.29, 0.717) is 17.6 Å². The van der Waals surface area contributed by atoms with Crippen molar-refractivity contribution < 1.29 is 9.47 Å². The van der Waals surface area contributed by atoms with Gasteiger partial charge >= 0.3 is 0 Å². The minimum Gasteiger partial charge on any atom is -0.381 e. The quantitative estimate of drug-likeness (QED) is 0.659. The molecule has 0 aromatic rings. The Morgan fingerprint density at radius 1 is 1.20 bits per heavy atom. The van der Waals surface area contributed by atoms with Crippen molar-refractivity contribution in [2.24, 2.45) is 11.3 Å². The lowest BCUT2D eigenvalue weighted by atomic mass is 9.60. The molecule has 2 unspecified atom stereocenters. The van der Waals surface area contributed by atoms with Gasteiger partial charge in [0.25, 0.3) is 0 Å². The number of rotatable bonds is 9. The van der Waals surface area contributed by atoms with E-state index in [2.05, 4.69) is 12.2 Å². The summed E-state index contributed by atoms with van der Waals surface area (Å²) in [6, 6.07) is 0.699. The largest absolute Gasteiger partial charge is 0.381 e. The van der Waals surface area contributed by atoms with Crippen LogP contribution in [0.2, 0.25) is 0 Å². The van der Waals surface area contributed by atoms with E-state index in [1.165, 1.54) is 44.9 Å². The van der Waals surface area contributed by atoms with E-state index in [1.807, 2.05) is 0 Å². The lowest BCUT2D eigenvalue weighted by Gasteiger charge is -2.54. The molecule has 0 aromatic carbocycles. The van der Waals surface area contributed by atoms with Gasteiger partial charge in [-0.2, -0.15) is 0 Å². The van der Waals surface area contributed by atoms with E-state index >= 15 is 0 Å². The number of nitrogens with one attached hydrogen (secondary N) is 1. The maximum absolute atomic E-state index is 5.96. The molecule has 3 saturated carbocycles. The number of ether oxygens (including phenoxy) is 2. The second-order valence-electron chi connectivity index (χ2n) is 7.00. The Bertz CT molecular complexity index is 297. The van der Waals surface area contributed by atoms with E-state index in [0.717, 1.165) is 38.7 Å². The van der Waals surface area contributed by atoms with E-state index in [9.17, 15) is 0 Å². The minimum atomic E-state index is 0.477. The fraction of sp³-hybridized carbons (Fsp3) is 1.00. The second-order valence-corrected chi connectivity index (χ2v) is 7.00. The van der Waals surface area contributed by atoms with Gasteiger partial charge in [0.15, 0.2) is 0 Å². The van der Waals surface area contributed by atoms with Crippen LogP contribution in [0, 0.1) is 11.3 Å². The molecule has 3 aliphatic carbocycles. The highest BCUT2D eigenvalue weighted by Crippen LogP contribution is 2.54. The average Bonchev–Trinajstić information content (AvgIpc) is 3.12. The molecular formula is C17H31NO2. The van der Waals surface area contributed by atoms with Gasteiger partial charge in [-0.05, 0) is 57.9 Å². The number of hydrogen-bond donors (Lipinski definition) is 1. The molecule has 1 N–H and O–H groups in total. The van der Waals surface area contributed by atoms with Crippen molar-refractivity contribution in [2.75, 3.05) is 26.4 Å². The molecule has 0 saturated heterocycles. The lowest BCUT2D eigenvalue weighted by molar-refractivity contribution is -0.130. The smallest absolute Gasteiger partial charge is 0.0661 e. The van der Waals surface area contributed by atoms with Crippen molar-refractivity contribution in [1.29, 1.82) is 0 Å². The molecule has 3 heteroatoms. The molecule has 0 amide bonds. The van der Waals surface area contributed by atoms with Gasteiger partial charge in [-0.15, -0.1) is 0 Å². The van der Waals surface area contributed by atoms with E-state index < -0.39 is 0 Å². The highest BCUT2D eigenvalue weighted by atomic mass is 16.5. The van der Waals surface area contributed by atoms with E-state index in [4.69, 9.17) is 9.47 Å². The van der Waals surface area contributed by atoms with Crippen molar-refractivity contribution in [3.63, 3.8) is 0 Å². The van der Waals surface area contributed by atoms with Crippen LogP contribution < -0.4 is 5.32 Å². The average molecular weight is 281 g/mol. The summed E-state index contributed by atoms with van der Waals surface area (Å²) < 4.78 is 11.7.